The van der Waals surface area contributed by atoms with Crippen LogP contribution in [0, 0.1) is 0 Å². The first-order valence-corrected chi connectivity index (χ1v) is 8.21. The molecule has 0 aliphatic carbocycles. The van der Waals surface area contributed by atoms with Gasteiger partial charge >= 0.3 is 0 Å². The van der Waals surface area contributed by atoms with E-state index < -0.39 is 0 Å². The Morgan fingerprint density at radius 1 is 1.21 bits per heavy atom. The van der Waals surface area contributed by atoms with Crippen LogP contribution in [0.5, 0.6) is 5.75 Å². The number of pyridine rings is 1. The minimum Gasteiger partial charge on any atom is -0.496 e. The molecule has 3 rings (SSSR count). The summed E-state index contributed by atoms with van der Waals surface area (Å²) in [7, 11) is 1.67. The van der Waals surface area contributed by atoms with E-state index in [0.29, 0.717) is 6.54 Å². The Balaban J connectivity index is 1.83. The Morgan fingerprint density at radius 3 is 2.71 bits per heavy atom. The maximum Gasteiger partial charge on any atom is 0.220 e. The van der Waals surface area contributed by atoms with E-state index in [4.69, 9.17) is 4.74 Å². The summed E-state index contributed by atoms with van der Waals surface area (Å²) >= 11 is 0. The number of hydrogen-bond donors (Lipinski definition) is 0. The molecular weight excluding hydrogens is 302 g/mol. The molecule has 0 spiro atoms. The van der Waals surface area contributed by atoms with Crippen molar-refractivity contribution in [2.24, 2.45) is 0 Å². The SMILES string of the molecule is COc1ccccc1[C@H]1CN(Cc2ccccn2)CCN1C(C)=O. The summed E-state index contributed by atoms with van der Waals surface area (Å²) in [4.78, 5) is 20.8. The molecule has 5 nitrogen and oxygen atoms in total. The molecule has 126 valence electrons. The summed E-state index contributed by atoms with van der Waals surface area (Å²) in [5, 5.41) is 0. The second-order valence-electron chi connectivity index (χ2n) is 6.03. The first-order chi connectivity index (χ1) is 11.7. The molecule has 1 aromatic carbocycles. The third kappa shape index (κ3) is 3.57. The Morgan fingerprint density at radius 2 is 2.00 bits per heavy atom. The van der Waals surface area contributed by atoms with E-state index in [9.17, 15) is 4.79 Å². The predicted molar refractivity (Wildman–Crippen MR) is 92.6 cm³/mol. The number of carbonyl (C=O) groups is 1. The average Bonchev–Trinajstić information content (AvgIpc) is 2.62. The number of carbonyl (C=O) groups excluding carboxylic acids is 1. The lowest BCUT2D eigenvalue weighted by Gasteiger charge is -2.41. The molecular formula is C19H23N3O2. The number of benzene rings is 1. The van der Waals surface area contributed by atoms with Gasteiger partial charge in [-0.05, 0) is 18.2 Å². The van der Waals surface area contributed by atoms with Gasteiger partial charge in [0.05, 0.1) is 18.8 Å². The number of nitrogens with zero attached hydrogens (tertiary/aromatic N) is 3. The van der Waals surface area contributed by atoms with Crippen LogP contribution in [0.25, 0.3) is 0 Å². The lowest BCUT2D eigenvalue weighted by molar-refractivity contribution is -0.134. The fourth-order valence-electron chi connectivity index (χ4n) is 3.29. The number of amides is 1. The van der Waals surface area contributed by atoms with Gasteiger partial charge in [0, 0.05) is 44.9 Å². The normalized spacial score (nSPS) is 18.4. The summed E-state index contributed by atoms with van der Waals surface area (Å²) < 4.78 is 5.51. The Bertz CT molecular complexity index is 690. The summed E-state index contributed by atoms with van der Waals surface area (Å²) in [5.41, 5.74) is 2.11. The summed E-state index contributed by atoms with van der Waals surface area (Å²) in [6, 6.07) is 13.9. The molecule has 1 aliphatic rings. The number of piperazine rings is 1. The Labute approximate surface area is 142 Å². The lowest BCUT2D eigenvalue weighted by atomic mass is 10.0. The topological polar surface area (TPSA) is 45.7 Å². The molecule has 24 heavy (non-hydrogen) atoms. The van der Waals surface area contributed by atoms with Crippen LogP contribution in [-0.2, 0) is 11.3 Å². The zero-order chi connectivity index (χ0) is 16.9. The van der Waals surface area contributed by atoms with Crippen molar-refractivity contribution in [3.8, 4) is 5.75 Å². The predicted octanol–water partition coefficient (Wildman–Crippen LogP) is 2.50. The van der Waals surface area contributed by atoms with Crippen LogP contribution in [0.3, 0.4) is 0 Å². The zero-order valence-electron chi connectivity index (χ0n) is 14.2. The third-order valence-electron chi connectivity index (χ3n) is 4.48. The van der Waals surface area contributed by atoms with Gasteiger partial charge in [-0.2, -0.15) is 0 Å². The first kappa shape index (κ1) is 16.5. The van der Waals surface area contributed by atoms with Gasteiger partial charge in [0.15, 0.2) is 0 Å². The number of methoxy groups -OCH3 is 1. The summed E-state index contributed by atoms with van der Waals surface area (Å²) in [6.45, 7) is 4.76. The van der Waals surface area contributed by atoms with Crippen molar-refractivity contribution in [3.05, 3.63) is 59.9 Å². The molecule has 2 aromatic rings. The van der Waals surface area contributed by atoms with Crippen LogP contribution in [-0.4, -0.2) is 47.4 Å². The van der Waals surface area contributed by atoms with Crippen LogP contribution in [0.2, 0.25) is 0 Å². The minimum atomic E-state index is -0.00360. The number of para-hydroxylation sites is 1. The van der Waals surface area contributed by atoms with Crippen molar-refractivity contribution in [2.75, 3.05) is 26.7 Å². The van der Waals surface area contributed by atoms with Gasteiger partial charge < -0.3 is 9.64 Å². The molecule has 5 heteroatoms. The van der Waals surface area contributed by atoms with E-state index in [0.717, 1.165) is 36.6 Å². The quantitative estimate of drug-likeness (QED) is 0.866. The second kappa shape index (κ2) is 7.45. The molecule has 2 heterocycles. The smallest absolute Gasteiger partial charge is 0.220 e. The van der Waals surface area contributed by atoms with Gasteiger partial charge in [0.2, 0.25) is 5.91 Å². The van der Waals surface area contributed by atoms with E-state index in [1.807, 2.05) is 53.6 Å². The molecule has 1 atom stereocenters. The third-order valence-corrected chi connectivity index (χ3v) is 4.48. The van der Waals surface area contributed by atoms with E-state index in [1.54, 1.807) is 14.0 Å². The molecule has 0 radical (unpaired) electrons. The van der Waals surface area contributed by atoms with Gasteiger partial charge in [-0.3, -0.25) is 14.7 Å². The van der Waals surface area contributed by atoms with Crippen molar-refractivity contribution in [1.82, 2.24) is 14.8 Å². The zero-order valence-corrected chi connectivity index (χ0v) is 14.2. The molecule has 0 unspecified atom stereocenters. The van der Waals surface area contributed by atoms with Crippen molar-refractivity contribution < 1.29 is 9.53 Å². The monoisotopic (exact) mass is 325 g/mol. The molecule has 1 amide bonds. The fraction of sp³-hybridized carbons (Fsp3) is 0.368. The van der Waals surface area contributed by atoms with E-state index >= 15 is 0 Å². The maximum atomic E-state index is 12.1. The minimum absolute atomic E-state index is 0.00360. The molecule has 1 fully saturated rings. The van der Waals surface area contributed by atoms with Crippen LogP contribution in [0.15, 0.2) is 48.7 Å². The summed E-state index contributed by atoms with van der Waals surface area (Å²) in [5.74, 6) is 0.928. The number of rotatable bonds is 4. The van der Waals surface area contributed by atoms with E-state index in [1.165, 1.54) is 0 Å². The van der Waals surface area contributed by atoms with Gasteiger partial charge in [0.1, 0.15) is 5.75 Å². The highest BCUT2D eigenvalue weighted by Crippen LogP contribution is 2.32. The molecule has 1 aliphatic heterocycles. The summed E-state index contributed by atoms with van der Waals surface area (Å²) in [6.07, 6.45) is 1.82. The van der Waals surface area contributed by atoms with Gasteiger partial charge in [0.25, 0.3) is 0 Å². The lowest BCUT2D eigenvalue weighted by Crippen LogP contribution is -2.49. The maximum absolute atomic E-state index is 12.1. The van der Waals surface area contributed by atoms with Gasteiger partial charge in [-0.1, -0.05) is 24.3 Å². The highest BCUT2D eigenvalue weighted by atomic mass is 16.5. The standard InChI is InChI=1S/C19H23N3O2/c1-15(23)22-12-11-21(13-16-7-5-6-10-20-16)14-18(22)17-8-3-4-9-19(17)24-2/h3-10,18H,11-14H2,1-2H3/t18-/m1/s1. The van der Waals surface area contributed by atoms with Crippen molar-refractivity contribution in [3.63, 3.8) is 0 Å². The fourth-order valence-corrected chi connectivity index (χ4v) is 3.29. The van der Waals surface area contributed by atoms with Crippen molar-refractivity contribution in [1.29, 1.82) is 0 Å². The first-order valence-electron chi connectivity index (χ1n) is 8.21. The van der Waals surface area contributed by atoms with Gasteiger partial charge in [-0.25, -0.2) is 0 Å². The molecule has 1 saturated heterocycles. The largest absolute Gasteiger partial charge is 0.496 e. The van der Waals surface area contributed by atoms with E-state index in [-0.39, 0.29) is 11.9 Å². The number of hydrogen-bond acceptors (Lipinski definition) is 4. The average molecular weight is 325 g/mol. The molecule has 0 N–H and O–H groups in total. The molecule has 0 bridgehead atoms. The highest BCUT2D eigenvalue weighted by molar-refractivity contribution is 5.74. The van der Waals surface area contributed by atoms with Gasteiger partial charge in [-0.15, -0.1) is 0 Å². The van der Waals surface area contributed by atoms with Crippen LogP contribution in [0.4, 0.5) is 0 Å². The van der Waals surface area contributed by atoms with Crippen LogP contribution >= 0.6 is 0 Å². The molecule has 1 aromatic heterocycles. The number of aromatic nitrogens is 1. The highest BCUT2D eigenvalue weighted by Gasteiger charge is 2.31. The second-order valence-corrected chi connectivity index (χ2v) is 6.03. The van der Waals surface area contributed by atoms with E-state index in [2.05, 4.69) is 9.88 Å². The number of ether oxygens (including phenoxy) is 1. The molecule has 0 saturated carbocycles. The Hall–Kier alpha value is -2.40. The van der Waals surface area contributed by atoms with Crippen molar-refractivity contribution >= 4 is 5.91 Å². The Kier molecular flexibility index (Phi) is 5.11. The van der Waals surface area contributed by atoms with Crippen LogP contribution in [0.1, 0.15) is 24.2 Å². The van der Waals surface area contributed by atoms with Crippen molar-refractivity contribution in [2.45, 2.75) is 19.5 Å². The van der Waals surface area contributed by atoms with Crippen LogP contribution < -0.4 is 4.74 Å².